The molecule has 1 aromatic heterocycles. The number of carboxylic acids is 1. The number of likely N-dealkylation sites (tertiary alicyclic amines) is 1. The van der Waals surface area contributed by atoms with E-state index in [1.807, 2.05) is 35.7 Å². The molecule has 0 bridgehead atoms. The molecule has 3 rings (SSSR count). The molecule has 6 nitrogen and oxygen atoms in total. The highest BCUT2D eigenvalue weighted by Crippen LogP contribution is 2.24. The van der Waals surface area contributed by atoms with E-state index < -0.39 is 12.0 Å². The standard InChI is InChI=1S/C17H19N3O3S/c21-14(11-20-9-4-7-13(20)17(22)23)19-15(16-18-8-10-24-16)12-5-2-1-3-6-12/h1-3,5-6,8,10,13,15H,4,7,9,11H2,(H,19,21)(H,22,23). The Hall–Kier alpha value is -2.25. The predicted octanol–water partition coefficient (Wildman–Crippen LogP) is 1.90. The van der Waals surface area contributed by atoms with Crippen molar-refractivity contribution in [1.29, 1.82) is 0 Å². The number of carbonyl (C=O) groups is 2. The highest BCUT2D eigenvalue weighted by molar-refractivity contribution is 7.09. The molecule has 1 aliphatic heterocycles. The molecular formula is C17H19N3O3S. The quantitative estimate of drug-likeness (QED) is 0.835. The van der Waals surface area contributed by atoms with E-state index in [0.717, 1.165) is 17.0 Å². The van der Waals surface area contributed by atoms with Gasteiger partial charge in [0.05, 0.1) is 6.54 Å². The van der Waals surface area contributed by atoms with Crippen molar-refractivity contribution in [3.8, 4) is 0 Å². The zero-order valence-electron chi connectivity index (χ0n) is 13.1. The SMILES string of the molecule is O=C(CN1CCCC1C(=O)O)NC(c1ccccc1)c1nccs1. The minimum atomic E-state index is -0.861. The fourth-order valence-electron chi connectivity index (χ4n) is 3.00. The van der Waals surface area contributed by atoms with Crippen molar-refractivity contribution in [3.63, 3.8) is 0 Å². The van der Waals surface area contributed by atoms with Gasteiger partial charge in [0.2, 0.25) is 5.91 Å². The molecule has 1 fully saturated rings. The normalized spacial score (nSPS) is 19.1. The first-order chi connectivity index (χ1) is 11.6. The Labute approximate surface area is 144 Å². The Balaban J connectivity index is 1.71. The van der Waals surface area contributed by atoms with Crippen LogP contribution in [0.5, 0.6) is 0 Å². The lowest BCUT2D eigenvalue weighted by atomic mass is 10.1. The second kappa shape index (κ2) is 7.55. The smallest absolute Gasteiger partial charge is 0.320 e. The van der Waals surface area contributed by atoms with Crippen LogP contribution in [0.3, 0.4) is 0 Å². The second-order valence-electron chi connectivity index (χ2n) is 5.75. The lowest BCUT2D eigenvalue weighted by molar-refractivity contribution is -0.142. The first-order valence-corrected chi connectivity index (χ1v) is 8.73. The van der Waals surface area contributed by atoms with Gasteiger partial charge in [-0.1, -0.05) is 30.3 Å². The number of benzene rings is 1. The summed E-state index contributed by atoms with van der Waals surface area (Å²) in [6.07, 6.45) is 3.11. The summed E-state index contributed by atoms with van der Waals surface area (Å²) >= 11 is 1.48. The van der Waals surface area contributed by atoms with Crippen LogP contribution in [-0.2, 0) is 9.59 Å². The van der Waals surface area contributed by atoms with Gasteiger partial charge in [-0.05, 0) is 24.9 Å². The number of rotatable bonds is 6. The molecule has 0 radical (unpaired) electrons. The molecule has 0 aliphatic carbocycles. The van der Waals surface area contributed by atoms with Gasteiger partial charge < -0.3 is 10.4 Å². The van der Waals surface area contributed by atoms with Crippen LogP contribution in [-0.4, -0.2) is 46.0 Å². The maximum atomic E-state index is 12.5. The van der Waals surface area contributed by atoms with E-state index in [4.69, 9.17) is 0 Å². The number of carbonyl (C=O) groups excluding carboxylic acids is 1. The van der Waals surface area contributed by atoms with Gasteiger partial charge in [-0.2, -0.15) is 0 Å². The van der Waals surface area contributed by atoms with Gasteiger partial charge in [0.1, 0.15) is 17.1 Å². The number of hydrogen-bond donors (Lipinski definition) is 2. The second-order valence-corrected chi connectivity index (χ2v) is 6.67. The van der Waals surface area contributed by atoms with E-state index in [-0.39, 0.29) is 18.5 Å². The first-order valence-electron chi connectivity index (χ1n) is 7.85. The molecule has 1 saturated heterocycles. The topological polar surface area (TPSA) is 82.5 Å². The number of thiazole rings is 1. The van der Waals surface area contributed by atoms with Gasteiger partial charge in [-0.3, -0.25) is 14.5 Å². The molecule has 2 aromatic rings. The maximum absolute atomic E-state index is 12.5. The summed E-state index contributed by atoms with van der Waals surface area (Å²) in [5.41, 5.74) is 0.956. The number of nitrogens with zero attached hydrogens (tertiary/aromatic N) is 2. The van der Waals surface area contributed by atoms with Crippen molar-refractivity contribution in [2.24, 2.45) is 0 Å². The van der Waals surface area contributed by atoms with E-state index in [1.165, 1.54) is 11.3 Å². The molecule has 0 spiro atoms. The summed E-state index contributed by atoms with van der Waals surface area (Å²) < 4.78 is 0. The molecule has 0 saturated carbocycles. The summed E-state index contributed by atoms with van der Waals surface area (Å²) in [6.45, 7) is 0.726. The monoisotopic (exact) mass is 345 g/mol. The third-order valence-corrected chi connectivity index (χ3v) is 4.97. The maximum Gasteiger partial charge on any atom is 0.320 e. The van der Waals surface area contributed by atoms with E-state index in [9.17, 15) is 14.7 Å². The number of hydrogen-bond acceptors (Lipinski definition) is 5. The molecule has 24 heavy (non-hydrogen) atoms. The highest BCUT2D eigenvalue weighted by Gasteiger charge is 2.32. The Morgan fingerprint density at radius 3 is 2.83 bits per heavy atom. The van der Waals surface area contributed by atoms with E-state index in [1.54, 1.807) is 11.1 Å². The van der Waals surface area contributed by atoms with Crippen molar-refractivity contribution >= 4 is 23.2 Å². The van der Waals surface area contributed by atoms with Crippen molar-refractivity contribution in [3.05, 3.63) is 52.5 Å². The molecule has 126 valence electrons. The third-order valence-electron chi connectivity index (χ3n) is 4.13. The van der Waals surface area contributed by atoms with E-state index >= 15 is 0 Å². The molecule has 2 unspecified atom stereocenters. The van der Waals surface area contributed by atoms with Crippen molar-refractivity contribution in [1.82, 2.24) is 15.2 Å². The minimum Gasteiger partial charge on any atom is -0.480 e. The number of nitrogens with one attached hydrogen (secondary N) is 1. The fourth-order valence-corrected chi connectivity index (χ4v) is 3.71. The molecule has 2 heterocycles. The van der Waals surface area contributed by atoms with Crippen LogP contribution >= 0.6 is 11.3 Å². The average Bonchev–Trinajstić information content (AvgIpc) is 3.25. The number of carboxylic acid groups (broad SMARTS) is 1. The Kier molecular flexibility index (Phi) is 5.22. The lowest BCUT2D eigenvalue weighted by Gasteiger charge is -2.23. The zero-order chi connectivity index (χ0) is 16.9. The van der Waals surface area contributed by atoms with Crippen LogP contribution < -0.4 is 5.32 Å². The summed E-state index contributed by atoms with van der Waals surface area (Å²) in [5.74, 6) is -1.05. The number of amides is 1. The largest absolute Gasteiger partial charge is 0.480 e. The van der Waals surface area contributed by atoms with Crippen molar-refractivity contribution in [2.75, 3.05) is 13.1 Å². The summed E-state index contributed by atoms with van der Waals surface area (Å²) in [4.78, 5) is 29.8. The molecule has 1 aliphatic rings. The van der Waals surface area contributed by atoms with Crippen molar-refractivity contribution < 1.29 is 14.7 Å². The Bertz CT molecular complexity index is 690. The third kappa shape index (κ3) is 3.80. The molecule has 1 aromatic carbocycles. The average molecular weight is 345 g/mol. The van der Waals surface area contributed by atoms with Crippen LogP contribution in [0.4, 0.5) is 0 Å². The van der Waals surface area contributed by atoms with Gasteiger partial charge in [0.15, 0.2) is 0 Å². The van der Waals surface area contributed by atoms with Crippen LogP contribution in [0.15, 0.2) is 41.9 Å². The minimum absolute atomic E-state index is 0.0890. The van der Waals surface area contributed by atoms with Crippen molar-refractivity contribution in [2.45, 2.75) is 24.9 Å². The molecule has 2 atom stereocenters. The van der Waals surface area contributed by atoms with Gasteiger partial charge in [0.25, 0.3) is 0 Å². The van der Waals surface area contributed by atoms with Crippen LogP contribution in [0.25, 0.3) is 0 Å². The summed E-state index contributed by atoms with van der Waals surface area (Å²) in [6, 6.07) is 8.78. The van der Waals surface area contributed by atoms with Crippen LogP contribution in [0.2, 0.25) is 0 Å². The fraction of sp³-hybridized carbons (Fsp3) is 0.353. The number of aliphatic carboxylic acids is 1. The molecule has 1 amide bonds. The molecule has 2 N–H and O–H groups in total. The van der Waals surface area contributed by atoms with E-state index in [0.29, 0.717) is 13.0 Å². The predicted molar refractivity (Wildman–Crippen MR) is 90.8 cm³/mol. The Morgan fingerprint density at radius 2 is 2.17 bits per heavy atom. The number of aromatic nitrogens is 1. The van der Waals surface area contributed by atoms with Gasteiger partial charge in [-0.25, -0.2) is 4.98 Å². The lowest BCUT2D eigenvalue weighted by Crippen LogP contribution is -2.43. The van der Waals surface area contributed by atoms with E-state index in [2.05, 4.69) is 10.3 Å². The van der Waals surface area contributed by atoms with Gasteiger partial charge in [-0.15, -0.1) is 11.3 Å². The summed E-state index contributed by atoms with van der Waals surface area (Å²) in [5, 5.41) is 14.9. The van der Waals surface area contributed by atoms with Gasteiger partial charge in [0, 0.05) is 11.6 Å². The van der Waals surface area contributed by atoms with Crippen LogP contribution in [0.1, 0.15) is 29.5 Å². The Morgan fingerprint density at radius 1 is 1.38 bits per heavy atom. The first kappa shape index (κ1) is 16.6. The van der Waals surface area contributed by atoms with Gasteiger partial charge >= 0.3 is 5.97 Å². The molecular weight excluding hydrogens is 326 g/mol. The highest BCUT2D eigenvalue weighted by atomic mass is 32.1. The van der Waals surface area contributed by atoms with Crippen LogP contribution in [0, 0.1) is 0 Å². The molecule has 7 heteroatoms. The zero-order valence-corrected chi connectivity index (χ0v) is 13.9. The summed E-state index contributed by atoms with van der Waals surface area (Å²) in [7, 11) is 0.